The van der Waals surface area contributed by atoms with E-state index >= 15 is 0 Å². The number of allylic oxidation sites excluding steroid dienone is 1. The molecule has 0 N–H and O–H groups in total. The number of hydrogen-bond acceptors (Lipinski definition) is 3. The Hall–Kier alpha value is 0.573. The van der Waals surface area contributed by atoms with Gasteiger partial charge in [0.25, 0.3) is 5.97 Å². The monoisotopic (exact) mass is 379 g/mol. The van der Waals surface area contributed by atoms with Crippen LogP contribution >= 0.6 is 19.8 Å². The van der Waals surface area contributed by atoms with E-state index in [-0.39, 0.29) is 17.1 Å². The van der Waals surface area contributed by atoms with Gasteiger partial charge in [0.05, 0.1) is 0 Å². The molecule has 0 saturated heterocycles. The second kappa shape index (κ2) is 29.9. The molecule has 0 aliphatic rings. The zero-order valence-corrected chi connectivity index (χ0v) is 12.6. The van der Waals surface area contributed by atoms with Gasteiger partial charge in [0.15, 0.2) is 0 Å². The summed E-state index contributed by atoms with van der Waals surface area (Å²) >= 11 is 3.62. The fourth-order valence-corrected chi connectivity index (χ4v) is 0.184. The fourth-order valence-electron chi connectivity index (χ4n) is 0.184. The van der Waals surface area contributed by atoms with Gasteiger partial charge in [0, 0.05) is 6.08 Å². The van der Waals surface area contributed by atoms with Gasteiger partial charge < -0.3 is 16.6 Å². The second-order valence-corrected chi connectivity index (χ2v) is 0.963. The molecule has 0 fully saturated rings. The van der Waals surface area contributed by atoms with Gasteiger partial charge in [0.2, 0.25) is 0 Å². The summed E-state index contributed by atoms with van der Waals surface area (Å²) in [6, 6.07) is 0. The Morgan fingerprint density at radius 1 is 1.67 bits per heavy atom. The Bertz CT molecular complexity index is 130. The summed E-state index contributed by atoms with van der Waals surface area (Å²) in [5.74, 6) is -0.414. The van der Waals surface area contributed by atoms with E-state index in [9.17, 15) is 4.79 Å². The zero-order valence-electron chi connectivity index (χ0n) is 6.51. The third-order valence-corrected chi connectivity index (χ3v) is 0.445. The summed E-state index contributed by atoms with van der Waals surface area (Å²) < 4.78 is 4.01. The molecule has 0 heterocycles. The molecule has 0 rings (SSSR count). The van der Waals surface area contributed by atoms with Crippen molar-refractivity contribution in [2.45, 2.75) is 6.92 Å². The van der Waals surface area contributed by atoms with E-state index in [0.717, 1.165) is 0 Å². The van der Waals surface area contributed by atoms with Crippen molar-refractivity contribution < 1.29 is 41.4 Å². The van der Waals surface area contributed by atoms with E-state index in [1.54, 1.807) is 13.0 Å². The number of esters is 1. The van der Waals surface area contributed by atoms with Crippen LogP contribution in [0.5, 0.6) is 0 Å². The van der Waals surface area contributed by atoms with Gasteiger partial charge in [-0.2, -0.15) is 7.11 Å². The molecule has 0 bridgehead atoms. The molecule has 6 heteroatoms. The Morgan fingerprint density at radius 2 is 2.00 bits per heavy atom. The third-order valence-electron chi connectivity index (χ3n) is 0.445. The van der Waals surface area contributed by atoms with Gasteiger partial charge in [-0.1, -0.05) is 6.08 Å². The number of ether oxygens (including phenoxy) is 1. The minimum atomic E-state index is -0.414. The maximum absolute atomic E-state index is 10.0. The topological polar surface area (TPSA) is 50.1 Å². The summed E-state index contributed by atoms with van der Waals surface area (Å²) in [6.45, 7) is 6.48. The molecule has 12 heavy (non-hydrogen) atoms. The van der Waals surface area contributed by atoms with Crippen LogP contribution in [0.3, 0.4) is 0 Å². The average Bonchev–Trinajstić information content (AvgIpc) is 2.12. The Labute approximate surface area is 104 Å². The van der Waals surface area contributed by atoms with Crippen LogP contribution in [-0.2, 0) is 41.4 Å². The van der Waals surface area contributed by atoms with Gasteiger partial charge >= 0.3 is 51.6 Å². The van der Waals surface area contributed by atoms with E-state index in [1.807, 2.05) is 0 Å². The van der Waals surface area contributed by atoms with Crippen molar-refractivity contribution in [2.24, 2.45) is 0 Å². The van der Waals surface area contributed by atoms with Crippen LogP contribution in [0.25, 0.3) is 0 Å². The molecule has 0 spiro atoms. The van der Waals surface area contributed by atoms with Crippen molar-refractivity contribution in [2.75, 3.05) is 0 Å². The van der Waals surface area contributed by atoms with Gasteiger partial charge in [0.1, 0.15) is 0 Å². The Morgan fingerprint density at radius 3 is 2.08 bits per heavy atom. The van der Waals surface area contributed by atoms with Crippen molar-refractivity contribution in [3.8, 4) is 0 Å². The molecule has 0 amide bonds. The summed E-state index contributed by atoms with van der Waals surface area (Å²) in [5.41, 5.74) is 0. The normalized spacial score (nSPS) is 6.25. The standard InChI is InChI=1S/C5H7O2.CN.Cu.HI.Zn/c1-3-4-5(6)7-2;1-2;;;/h3-4H,2H2,1H3;;;1H;/q2*-1;+1;;+2/p-1/b4-3+;;;;. The molecule has 0 saturated carbocycles. The van der Waals surface area contributed by atoms with Crippen LogP contribution in [0.1, 0.15) is 6.92 Å². The van der Waals surface area contributed by atoms with Gasteiger partial charge in [-0.15, -0.1) is 0 Å². The van der Waals surface area contributed by atoms with E-state index in [0.29, 0.717) is 0 Å². The summed E-state index contributed by atoms with van der Waals surface area (Å²) in [5, 5.41) is 6.25. The molecule has 0 aromatic rings. The molecule has 0 aromatic heterocycles. The molecule has 0 unspecified atom stereocenters. The van der Waals surface area contributed by atoms with Crippen LogP contribution in [0.15, 0.2) is 12.2 Å². The van der Waals surface area contributed by atoms with E-state index in [1.165, 1.54) is 20.9 Å². The number of rotatable bonds is 1. The third kappa shape index (κ3) is 31.2. The number of hydrogen-bond donors (Lipinski definition) is 0. The van der Waals surface area contributed by atoms with Gasteiger partial charge in [-0.05, 0) is 6.92 Å². The van der Waals surface area contributed by atoms with Crippen LogP contribution in [-0.4, -0.2) is 5.97 Å². The first-order valence-electron chi connectivity index (χ1n) is 2.39. The van der Waals surface area contributed by atoms with Crippen molar-refractivity contribution in [1.82, 2.24) is 0 Å². The van der Waals surface area contributed by atoms with Crippen molar-refractivity contribution in [3.05, 3.63) is 25.8 Å². The van der Waals surface area contributed by atoms with Crippen LogP contribution in [0.4, 0.5) is 0 Å². The van der Waals surface area contributed by atoms with E-state index in [2.05, 4.69) is 31.6 Å². The first-order chi connectivity index (χ1) is 5.31. The van der Waals surface area contributed by atoms with Crippen molar-refractivity contribution in [3.63, 3.8) is 0 Å². The van der Waals surface area contributed by atoms with Crippen molar-refractivity contribution >= 4 is 25.7 Å². The minimum absolute atomic E-state index is 0. The number of carbonyl (C=O) groups is 1. The van der Waals surface area contributed by atoms with Crippen LogP contribution in [0.2, 0.25) is 0 Å². The predicted octanol–water partition coefficient (Wildman–Crippen LogP) is 1.87. The molecule has 0 aromatic carbocycles. The molecule has 0 radical (unpaired) electrons. The molecule has 0 aliphatic heterocycles. The molecular weight excluding hydrogens is 374 g/mol. The zero-order chi connectivity index (χ0) is 9.70. The molecule has 0 aliphatic carbocycles. The summed E-state index contributed by atoms with van der Waals surface area (Å²) in [6.07, 6.45) is 2.89. The first kappa shape index (κ1) is 22.9. The molecular formula is C6H7CuINO2Zn. The quantitative estimate of drug-likeness (QED) is 0.229. The Kier molecular flexibility index (Phi) is 57.2. The van der Waals surface area contributed by atoms with Crippen LogP contribution < -0.4 is 0 Å². The number of nitrogens with zero attached hydrogens (tertiary/aromatic N) is 1. The van der Waals surface area contributed by atoms with E-state index < -0.39 is 5.97 Å². The SMILES string of the molecule is [C-]#N.[CH2-]OC(=O)/C=C/C.[Cu+].[Zn+][I]. The average molecular weight is 381 g/mol. The van der Waals surface area contributed by atoms with E-state index in [4.69, 9.17) is 11.8 Å². The maximum atomic E-state index is 10.0. The predicted molar refractivity (Wildman–Crippen MR) is 45.3 cm³/mol. The molecule has 68 valence electrons. The van der Waals surface area contributed by atoms with Gasteiger partial charge in [-0.3, -0.25) is 0 Å². The summed E-state index contributed by atoms with van der Waals surface area (Å²) in [4.78, 5) is 10.0. The summed E-state index contributed by atoms with van der Waals surface area (Å²) in [7, 11) is 2.90. The second-order valence-electron chi connectivity index (χ2n) is 0.963. The molecule has 3 nitrogen and oxygen atoms in total. The Balaban J connectivity index is -0.0000000560. The fraction of sp³-hybridized carbons (Fsp3) is 0.167. The molecule has 0 atom stereocenters. The van der Waals surface area contributed by atoms with Gasteiger partial charge in [-0.25, -0.2) is 4.79 Å². The van der Waals surface area contributed by atoms with Crippen LogP contribution in [0, 0.1) is 18.9 Å². The van der Waals surface area contributed by atoms with Crippen molar-refractivity contribution in [1.29, 1.82) is 5.26 Å². The first-order valence-corrected chi connectivity index (χ1v) is 11.4. The number of carbonyl (C=O) groups excluding carboxylic acids is 1. The number of halogens is 1.